The van der Waals surface area contributed by atoms with E-state index in [1.807, 2.05) is 32.9 Å². The van der Waals surface area contributed by atoms with Crippen LogP contribution in [0.1, 0.15) is 40.0 Å². The van der Waals surface area contributed by atoms with Crippen LogP contribution in [0.2, 0.25) is 0 Å². The molecule has 0 heterocycles. The lowest BCUT2D eigenvalue weighted by Crippen LogP contribution is -2.25. The van der Waals surface area contributed by atoms with Gasteiger partial charge in [0.15, 0.2) is 0 Å². The summed E-state index contributed by atoms with van der Waals surface area (Å²) in [5.74, 6) is 0.391. The van der Waals surface area contributed by atoms with Gasteiger partial charge < -0.3 is 0 Å². The Morgan fingerprint density at radius 3 is 2.40 bits per heavy atom. The molecule has 0 aromatic carbocycles. The maximum atomic E-state index is 10.8. The molecule has 0 bridgehead atoms. The molecule has 5 heteroatoms. The summed E-state index contributed by atoms with van der Waals surface area (Å²) in [4.78, 5) is 0. The maximum absolute atomic E-state index is 10.8. The highest BCUT2D eigenvalue weighted by Crippen LogP contribution is 2.15. The highest BCUT2D eigenvalue weighted by molar-refractivity contribution is 7.84. The summed E-state index contributed by atoms with van der Waals surface area (Å²) in [6.45, 7) is 5.97. The summed E-state index contributed by atoms with van der Waals surface area (Å²) in [5, 5.41) is 4.85. The molecular formula is C10H21NO3S. The van der Waals surface area contributed by atoms with E-state index in [-0.39, 0.29) is 6.10 Å². The fraction of sp³-hybridized carbons (Fsp3) is 0.800. The van der Waals surface area contributed by atoms with Crippen molar-refractivity contribution >= 4 is 10.3 Å². The van der Waals surface area contributed by atoms with E-state index in [2.05, 4.69) is 0 Å². The highest BCUT2D eigenvalue weighted by Gasteiger charge is 2.16. The number of nitrogens with two attached hydrogens (primary N) is 1. The lowest BCUT2D eigenvalue weighted by atomic mass is 10.0. The van der Waals surface area contributed by atoms with Crippen molar-refractivity contribution < 1.29 is 12.6 Å². The van der Waals surface area contributed by atoms with Crippen molar-refractivity contribution in [3.05, 3.63) is 12.2 Å². The molecule has 4 nitrogen and oxygen atoms in total. The van der Waals surface area contributed by atoms with E-state index in [4.69, 9.17) is 9.32 Å². The first-order valence-corrected chi connectivity index (χ1v) is 6.64. The minimum atomic E-state index is -3.83. The molecule has 0 spiro atoms. The van der Waals surface area contributed by atoms with Crippen LogP contribution in [0.15, 0.2) is 12.2 Å². The van der Waals surface area contributed by atoms with Gasteiger partial charge in [0.1, 0.15) is 0 Å². The fourth-order valence-corrected chi connectivity index (χ4v) is 1.92. The van der Waals surface area contributed by atoms with Crippen molar-refractivity contribution in [1.29, 1.82) is 0 Å². The van der Waals surface area contributed by atoms with Crippen LogP contribution in [-0.2, 0) is 14.5 Å². The van der Waals surface area contributed by atoms with Gasteiger partial charge in [0.25, 0.3) is 0 Å². The molecular weight excluding hydrogens is 214 g/mol. The smallest absolute Gasteiger partial charge is 0.255 e. The topological polar surface area (TPSA) is 69.4 Å². The summed E-state index contributed by atoms with van der Waals surface area (Å²) < 4.78 is 26.4. The first kappa shape index (κ1) is 14.6. The monoisotopic (exact) mass is 235 g/mol. The summed E-state index contributed by atoms with van der Waals surface area (Å²) in [6, 6.07) is 0. The van der Waals surface area contributed by atoms with Gasteiger partial charge in [0.05, 0.1) is 6.10 Å². The fourth-order valence-electron chi connectivity index (χ4n) is 1.37. The first-order chi connectivity index (χ1) is 6.85. The maximum Gasteiger partial charge on any atom is 0.333 e. The molecule has 0 aliphatic heterocycles. The molecule has 0 fully saturated rings. The lowest BCUT2D eigenvalue weighted by molar-refractivity contribution is 0.173. The van der Waals surface area contributed by atoms with E-state index in [0.717, 1.165) is 6.42 Å². The average Bonchev–Trinajstić information content (AvgIpc) is 2.00. The summed E-state index contributed by atoms with van der Waals surface area (Å²) >= 11 is 0. The van der Waals surface area contributed by atoms with Gasteiger partial charge >= 0.3 is 10.3 Å². The quantitative estimate of drug-likeness (QED) is 0.686. The summed E-state index contributed by atoms with van der Waals surface area (Å²) in [5.41, 5.74) is 0. The predicted octanol–water partition coefficient (Wildman–Crippen LogP) is 1.98. The first-order valence-electron chi connectivity index (χ1n) is 5.17. The van der Waals surface area contributed by atoms with Crippen LogP contribution in [0, 0.1) is 5.92 Å². The van der Waals surface area contributed by atoms with Crippen molar-refractivity contribution in [2.45, 2.75) is 46.1 Å². The van der Waals surface area contributed by atoms with Gasteiger partial charge in [-0.25, -0.2) is 5.14 Å². The Kier molecular flexibility index (Phi) is 6.80. The van der Waals surface area contributed by atoms with Gasteiger partial charge in [-0.3, -0.25) is 4.18 Å². The largest absolute Gasteiger partial charge is 0.333 e. The van der Waals surface area contributed by atoms with Gasteiger partial charge in [-0.05, 0) is 32.1 Å². The zero-order valence-corrected chi connectivity index (χ0v) is 10.5. The third-order valence-electron chi connectivity index (χ3n) is 1.90. The second-order valence-electron chi connectivity index (χ2n) is 3.99. The number of rotatable bonds is 7. The molecule has 0 saturated carbocycles. The summed E-state index contributed by atoms with van der Waals surface area (Å²) in [7, 11) is -3.83. The van der Waals surface area contributed by atoms with E-state index in [9.17, 15) is 8.42 Å². The zero-order chi connectivity index (χ0) is 11.9. The lowest BCUT2D eigenvalue weighted by Gasteiger charge is -2.17. The van der Waals surface area contributed by atoms with Gasteiger partial charge in [-0.1, -0.05) is 26.0 Å². The summed E-state index contributed by atoms with van der Waals surface area (Å²) in [6.07, 6.45) is 5.80. The minimum Gasteiger partial charge on any atom is -0.255 e. The Morgan fingerprint density at radius 1 is 1.40 bits per heavy atom. The van der Waals surface area contributed by atoms with E-state index in [1.54, 1.807) is 0 Å². The molecule has 0 aliphatic carbocycles. The second kappa shape index (κ2) is 6.98. The molecule has 0 rings (SSSR count). The van der Waals surface area contributed by atoms with Crippen molar-refractivity contribution in [3.8, 4) is 0 Å². The van der Waals surface area contributed by atoms with Gasteiger partial charge in [0.2, 0.25) is 0 Å². The highest BCUT2D eigenvalue weighted by atomic mass is 32.2. The van der Waals surface area contributed by atoms with Crippen molar-refractivity contribution in [2.24, 2.45) is 11.1 Å². The van der Waals surface area contributed by atoms with Gasteiger partial charge in [-0.15, -0.1) is 0 Å². The van der Waals surface area contributed by atoms with Crippen LogP contribution in [0.25, 0.3) is 0 Å². The third-order valence-corrected chi connectivity index (χ3v) is 2.44. The minimum absolute atomic E-state index is 0.309. The van der Waals surface area contributed by atoms with Crippen LogP contribution >= 0.6 is 0 Å². The second-order valence-corrected chi connectivity index (χ2v) is 5.17. The van der Waals surface area contributed by atoms with Gasteiger partial charge in [-0.2, -0.15) is 8.42 Å². The van der Waals surface area contributed by atoms with Crippen molar-refractivity contribution in [2.75, 3.05) is 0 Å². The van der Waals surface area contributed by atoms with Crippen LogP contribution in [0.5, 0.6) is 0 Å². The number of allylic oxidation sites excluding steroid dienone is 2. The number of hydrogen-bond donors (Lipinski definition) is 1. The van der Waals surface area contributed by atoms with E-state index < -0.39 is 10.3 Å². The predicted molar refractivity (Wildman–Crippen MR) is 61.5 cm³/mol. The zero-order valence-electron chi connectivity index (χ0n) is 9.64. The number of hydrogen-bond acceptors (Lipinski definition) is 3. The molecule has 1 atom stereocenters. The Hall–Kier alpha value is -0.390. The molecule has 0 amide bonds. The molecule has 0 aromatic heterocycles. The van der Waals surface area contributed by atoms with E-state index in [0.29, 0.717) is 18.8 Å². The third kappa shape index (κ3) is 9.90. The molecule has 2 N–H and O–H groups in total. The van der Waals surface area contributed by atoms with E-state index >= 15 is 0 Å². The van der Waals surface area contributed by atoms with E-state index in [1.165, 1.54) is 0 Å². The Labute approximate surface area is 92.8 Å². The van der Waals surface area contributed by atoms with Crippen LogP contribution in [-0.4, -0.2) is 14.5 Å². The van der Waals surface area contributed by atoms with Crippen molar-refractivity contribution in [3.63, 3.8) is 0 Å². The molecule has 15 heavy (non-hydrogen) atoms. The normalized spacial score (nSPS) is 15.0. The Balaban J connectivity index is 4.18. The van der Waals surface area contributed by atoms with Crippen molar-refractivity contribution in [1.82, 2.24) is 0 Å². The molecule has 0 aromatic rings. The van der Waals surface area contributed by atoms with Gasteiger partial charge in [0, 0.05) is 0 Å². The SMILES string of the molecule is CC=CCCC(CC(C)C)OS(N)(=O)=O. The molecule has 0 saturated heterocycles. The molecule has 0 radical (unpaired) electrons. The Bertz CT molecular complexity index is 283. The molecule has 90 valence electrons. The molecule has 0 aliphatic rings. The van der Waals surface area contributed by atoms with Crippen LogP contribution in [0.3, 0.4) is 0 Å². The molecule has 1 unspecified atom stereocenters. The standard InChI is InChI=1S/C10H21NO3S/c1-4-5-6-7-10(8-9(2)3)14-15(11,12)13/h4-5,9-10H,6-8H2,1-3H3,(H2,11,12,13). The Morgan fingerprint density at radius 2 is 2.00 bits per heavy atom. The van der Waals surface area contributed by atoms with Crippen LogP contribution < -0.4 is 5.14 Å². The van der Waals surface area contributed by atoms with Crippen LogP contribution in [0.4, 0.5) is 0 Å². The average molecular weight is 235 g/mol.